The lowest BCUT2D eigenvalue weighted by molar-refractivity contribution is -0.115. The predicted octanol–water partition coefficient (Wildman–Crippen LogP) is 5.30. The lowest BCUT2D eigenvalue weighted by Gasteiger charge is -2.28. The maximum atomic E-state index is 12.5. The first kappa shape index (κ1) is 21.1. The molecule has 4 rings (SSSR count). The Morgan fingerprint density at radius 1 is 0.903 bits per heavy atom. The summed E-state index contributed by atoms with van der Waals surface area (Å²) in [6.45, 7) is 9.79. The van der Waals surface area contributed by atoms with Gasteiger partial charge in [0.1, 0.15) is 0 Å². The minimum absolute atomic E-state index is 0.00503. The van der Waals surface area contributed by atoms with Gasteiger partial charge in [0, 0.05) is 24.5 Å². The van der Waals surface area contributed by atoms with Gasteiger partial charge in [-0.25, -0.2) is 0 Å². The number of morpholine rings is 1. The number of ether oxygens (including phenoxy) is 1. The van der Waals surface area contributed by atoms with Crippen LogP contribution in [0.5, 0.6) is 0 Å². The van der Waals surface area contributed by atoms with Crippen molar-refractivity contribution in [1.82, 2.24) is 0 Å². The third-order valence-electron chi connectivity index (χ3n) is 5.81. The molecule has 1 amide bonds. The SMILES string of the molecule is Cc1cc(C)c(-c2ccc(NC(=O)Cc3ccc(N4CCOCC4)cc3)cc2)c(C)c1. The van der Waals surface area contributed by atoms with Crippen LogP contribution < -0.4 is 10.2 Å². The van der Waals surface area contributed by atoms with Gasteiger partial charge >= 0.3 is 0 Å². The Kier molecular flexibility index (Phi) is 6.38. The summed E-state index contributed by atoms with van der Waals surface area (Å²) in [6.07, 6.45) is 0.362. The van der Waals surface area contributed by atoms with Crippen molar-refractivity contribution in [2.24, 2.45) is 0 Å². The van der Waals surface area contributed by atoms with E-state index < -0.39 is 0 Å². The second kappa shape index (κ2) is 9.36. The molecule has 1 aliphatic rings. The fraction of sp³-hybridized carbons (Fsp3) is 0.296. The molecule has 0 unspecified atom stereocenters. The monoisotopic (exact) mass is 414 g/mol. The number of hydrogen-bond acceptors (Lipinski definition) is 3. The van der Waals surface area contributed by atoms with E-state index in [0.717, 1.165) is 37.6 Å². The molecule has 0 aliphatic carbocycles. The summed E-state index contributed by atoms with van der Waals surface area (Å²) in [5, 5.41) is 3.02. The van der Waals surface area contributed by atoms with Crippen LogP contribution in [-0.2, 0) is 16.0 Å². The number of aryl methyl sites for hydroxylation is 3. The third kappa shape index (κ3) is 5.15. The van der Waals surface area contributed by atoms with Gasteiger partial charge in [-0.1, -0.05) is 42.0 Å². The first-order valence-corrected chi connectivity index (χ1v) is 10.9. The Morgan fingerprint density at radius 3 is 2.13 bits per heavy atom. The van der Waals surface area contributed by atoms with Crippen LogP contribution in [0.25, 0.3) is 11.1 Å². The highest BCUT2D eigenvalue weighted by atomic mass is 16.5. The maximum Gasteiger partial charge on any atom is 0.228 e. The molecule has 1 fully saturated rings. The smallest absolute Gasteiger partial charge is 0.228 e. The van der Waals surface area contributed by atoms with Gasteiger partial charge in [0.2, 0.25) is 5.91 Å². The van der Waals surface area contributed by atoms with Gasteiger partial charge in [-0.05, 0) is 72.9 Å². The van der Waals surface area contributed by atoms with Crippen molar-refractivity contribution in [2.75, 3.05) is 36.5 Å². The van der Waals surface area contributed by atoms with E-state index in [2.05, 4.69) is 67.4 Å². The van der Waals surface area contributed by atoms with Crippen LogP contribution in [0.2, 0.25) is 0 Å². The van der Waals surface area contributed by atoms with Gasteiger partial charge < -0.3 is 15.0 Å². The number of benzene rings is 3. The summed E-state index contributed by atoms with van der Waals surface area (Å²) < 4.78 is 5.41. The number of hydrogen-bond donors (Lipinski definition) is 1. The van der Waals surface area contributed by atoms with Crippen LogP contribution in [0, 0.1) is 20.8 Å². The summed E-state index contributed by atoms with van der Waals surface area (Å²) in [6, 6.07) is 20.8. The Morgan fingerprint density at radius 2 is 1.52 bits per heavy atom. The molecule has 3 aromatic rings. The van der Waals surface area contributed by atoms with E-state index in [9.17, 15) is 4.79 Å². The summed E-state index contributed by atoms with van der Waals surface area (Å²) in [5.41, 5.74) is 9.28. The summed E-state index contributed by atoms with van der Waals surface area (Å²) in [5.74, 6) is -0.00503. The van der Waals surface area contributed by atoms with E-state index in [-0.39, 0.29) is 5.91 Å². The molecule has 160 valence electrons. The van der Waals surface area contributed by atoms with E-state index in [4.69, 9.17) is 4.74 Å². The molecular formula is C27H30N2O2. The third-order valence-corrected chi connectivity index (χ3v) is 5.81. The van der Waals surface area contributed by atoms with Gasteiger partial charge in [0.05, 0.1) is 19.6 Å². The molecule has 4 nitrogen and oxygen atoms in total. The highest BCUT2D eigenvalue weighted by molar-refractivity contribution is 5.92. The van der Waals surface area contributed by atoms with Crippen molar-refractivity contribution < 1.29 is 9.53 Å². The number of nitrogens with zero attached hydrogens (tertiary/aromatic N) is 1. The fourth-order valence-corrected chi connectivity index (χ4v) is 4.39. The number of rotatable bonds is 5. The minimum Gasteiger partial charge on any atom is -0.378 e. The first-order chi connectivity index (χ1) is 15.0. The molecule has 4 heteroatoms. The van der Waals surface area contributed by atoms with E-state index >= 15 is 0 Å². The van der Waals surface area contributed by atoms with E-state index in [1.54, 1.807) is 0 Å². The Labute approximate surface area is 184 Å². The van der Waals surface area contributed by atoms with E-state index in [1.807, 2.05) is 24.3 Å². The largest absolute Gasteiger partial charge is 0.378 e. The lowest BCUT2D eigenvalue weighted by atomic mass is 9.94. The van der Waals surface area contributed by atoms with Crippen molar-refractivity contribution in [3.05, 3.63) is 82.9 Å². The van der Waals surface area contributed by atoms with Crippen LogP contribution in [0.15, 0.2) is 60.7 Å². The van der Waals surface area contributed by atoms with Gasteiger partial charge in [-0.2, -0.15) is 0 Å². The van der Waals surface area contributed by atoms with Gasteiger partial charge in [-0.3, -0.25) is 4.79 Å². The topological polar surface area (TPSA) is 41.6 Å². The number of anilines is 2. The second-order valence-electron chi connectivity index (χ2n) is 8.34. The minimum atomic E-state index is -0.00503. The molecule has 0 bridgehead atoms. The van der Waals surface area contributed by atoms with Crippen molar-refractivity contribution in [3.63, 3.8) is 0 Å². The Bertz CT molecular complexity index is 1030. The molecule has 0 radical (unpaired) electrons. The summed E-state index contributed by atoms with van der Waals surface area (Å²) in [4.78, 5) is 14.8. The van der Waals surface area contributed by atoms with Gasteiger partial charge in [0.15, 0.2) is 0 Å². The van der Waals surface area contributed by atoms with Crippen LogP contribution in [-0.4, -0.2) is 32.2 Å². The lowest BCUT2D eigenvalue weighted by Crippen LogP contribution is -2.36. The number of nitrogens with one attached hydrogen (secondary N) is 1. The van der Waals surface area contributed by atoms with Crippen LogP contribution >= 0.6 is 0 Å². The zero-order valence-corrected chi connectivity index (χ0v) is 18.6. The standard InChI is InChI=1S/C27H30N2O2/c1-19-16-20(2)27(21(3)17-19)23-6-8-24(9-7-23)28-26(30)18-22-4-10-25(11-5-22)29-12-14-31-15-13-29/h4-11,16-17H,12-15,18H2,1-3H3,(H,28,30). The Balaban J connectivity index is 1.38. The van der Waals surface area contributed by atoms with E-state index in [1.165, 1.54) is 33.5 Å². The average molecular weight is 415 g/mol. The van der Waals surface area contributed by atoms with Crippen LogP contribution in [0.4, 0.5) is 11.4 Å². The molecule has 1 saturated heterocycles. The number of amides is 1. The average Bonchev–Trinajstić information content (AvgIpc) is 2.75. The molecule has 0 spiro atoms. The highest BCUT2D eigenvalue weighted by Crippen LogP contribution is 2.29. The molecule has 31 heavy (non-hydrogen) atoms. The predicted molar refractivity (Wildman–Crippen MR) is 128 cm³/mol. The van der Waals surface area contributed by atoms with Crippen molar-refractivity contribution in [2.45, 2.75) is 27.2 Å². The fourth-order valence-electron chi connectivity index (χ4n) is 4.39. The molecule has 0 saturated carbocycles. The molecule has 1 heterocycles. The van der Waals surface area contributed by atoms with Crippen LogP contribution in [0.3, 0.4) is 0 Å². The van der Waals surface area contributed by atoms with E-state index in [0.29, 0.717) is 6.42 Å². The van der Waals surface area contributed by atoms with Gasteiger partial charge in [0.25, 0.3) is 0 Å². The van der Waals surface area contributed by atoms with Gasteiger partial charge in [-0.15, -0.1) is 0 Å². The zero-order valence-electron chi connectivity index (χ0n) is 18.6. The summed E-state index contributed by atoms with van der Waals surface area (Å²) >= 11 is 0. The molecule has 0 aromatic heterocycles. The molecular weight excluding hydrogens is 384 g/mol. The Hall–Kier alpha value is -3.11. The number of carbonyl (C=O) groups is 1. The van der Waals surface area contributed by atoms with Crippen LogP contribution in [0.1, 0.15) is 22.3 Å². The highest BCUT2D eigenvalue weighted by Gasteiger charge is 2.12. The zero-order chi connectivity index (χ0) is 21.8. The first-order valence-electron chi connectivity index (χ1n) is 10.9. The van der Waals surface area contributed by atoms with Crippen molar-refractivity contribution in [3.8, 4) is 11.1 Å². The second-order valence-corrected chi connectivity index (χ2v) is 8.34. The molecule has 1 aliphatic heterocycles. The molecule has 3 aromatic carbocycles. The quantitative estimate of drug-likeness (QED) is 0.616. The van der Waals surface area contributed by atoms with Crippen molar-refractivity contribution >= 4 is 17.3 Å². The molecule has 0 atom stereocenters. The normalized spacial score (nSPS) is 13.8. The molecule has 1 N–H and O–H groups in total. The van der Waals surface area contributed by atoms with Crippen molar-refractivity contribution in [1.29, 1.82) is 0 Å². The maximum absolute atomic E-state index is 12.5. The number of carbonyl (C=O) groups excluding carboxylic acids is 1. The summed E-state index contributed by atoms with van der Waals surface area (Å²) in [7, 11) is 0.